The lowest BCUT2D eigenvalue weighted by atomic mass is 9.45. The van der Waals surface area contributed by atoms with Gasteiger partial charge in [-0.1, -0.05) is 35.4 Å². The molecule has 0 aromatic rings. The van der Waals surface area contributed by atoms with E-state index >= 15 is 0 Å². The summed E-state index contributed by atoms with van der Waals surface area (Å²) in [6.45, 7) is 5.66. The summed E-state index contributed by atoms with van der Waals surface area (Å²) in [5, 5.41) is 22.6. The number of aliphatic hydroxyl groups excluding tert-OH is 1. The Morgan fingerprint density at radius 1 is 1.19 bits per heavy atom. The fraction of sp³-hybridized carbons (Fsp3) is 0.810. The molecule has 7 atom stereocenters. The van der Waals surface area contributed by atoms with Gasteiger partial charge in [0.25, 0.3) is 0 Å². The molecule has 4 nitrogen and oxygen atoms in total. The summed E-state index contributed by atoms with van der Waals surface area (Å²) in [7, 11) is 0. The van der Waals surface area contributed by atoms with Crippen LogP contribution in [-0.4, -0.2) is 37.8 Å². The van der Waals surface area contributed by atoms with Gasteiger partial charge in [0.15, 0.2) is 11.6 Å². The van der Waals surface area contributed by atoms with Crippen LogP contribution in [-0.2, 0) is 9.59 Å². The third-order valence-electron chi connectivity index (χ3n) is 8.78. The Labute approximate surface area is 163 Å². The Morgan fingerprint density at radius 3 is 2.54 bits per heavy atom. The van der Waals surface area contributed by atoms with E-state index in [4.69, 9.17) is 0 Å². The largest absolute Gasteiger partial charge is 0.392 e. The van der Waals surface area contributed by atoms with E-state index in [0.29, 0.717) is 19.3 Å². The van der Waals surface area contributed by atoms with Gasteiger partial charge in [-0.05, 0) is 63.4 Å². The molecule has 0 radical (unpaired) electrons. The summed E-state index contributed by atoms with van der Waals surface area (Å²) in [4.78, 5) is 24.3. The molecule has 144 valence electrons. The van der Waals surface area contributed by atoms with Gasteiger partial charge in [0.1, 0.15) is 5.60 Å². The highest BCUT2D eigenvalue weighted by molar-refractivity contribution is 9.10. The van der Waals surface area contributed by atoms with Crippen LogP contribution in [0.3, 0.4) is 0 Å². The highest BCUT2D eigenvalue weighted by atomic mass is 79.9. The van der Waals surface area contributed by atoms with Crippen molar-refractivity contribution < 1.29 is 19.8 Å². The highest BCUT2D eigenvalue weighted by Gasteiger charge is 2.72. The van der Waals surface area contributed by atoms with Gasteiger partial charge in [-0.25, -0.2) is 0 Å². The van der Waals surface area contributed by atoms with Gasteiger partial charge in [0, 0.05) is 17.3 Å². The number of aliphatic hydroxyl groups is 2. The lowest BCUT2D eigenvalue weighted by molar-refractivity contribution is -0.171. The Bertz CT molecular complexity index is 717. The van der Waals surface area contributed by atoms with Crippen molar-refractivity contribution in [1.29, 1.82) is 0 Å². The zero-order chi connectivity index (χ0) is 19.1. The number of hydrogen-bond donors (Lipinski definition) is 2. The molecule has 4 aliphatic carbocycles. The van der Waals surface area contributed by atoms with Crippen molar-refractivity contribution >= 4 is 27.5 Å². The molecule has 3 fully saturated rings. The Balaban J connectivity index is 1.82. The van der Waals surface area contributed by atoms with Gasteiger partial charge in [-0.3, -0.25) is 9.59 Å². The van der Waals surface area contributed by atoms with Crippen LogP contribution in [0.5, 0.6) is 0 Å². The Kier molecular flexibility index (Phi) is 3.99. The van der Waals surface area contributed by atoms with Gasteiger partial charge < -0.3 is 10.2 Å². The molecule has 0 saturated heterocycles. The number of hydrogen-bond acceptors (Lipinski definition) is 4. The fourth-order valence-electron chi connectivity index (χ4n) is 7.15. The van der Waals surface area contributed by atoms with Crippen molar-refractivity contribution in [2.24, 2.45) is 22.7 Å². The predicted octanol–water partition coefficient (Wildman–Crippen LogP) is 3.33. The van der Waals surface area contributed by atoms with Crippen molar-refractivity contribution in [2.75, 3.05) is 0 Å². The average Bonchev–Trinajstić information content (AvgIpc) is 2.83. The van der Waals surface area contributed by atoms with Crippen LogP contribution in [0.25, 0.3) is 0 Å². The summed E-state index contributed by atoms with van der Waals surface area (Å²) in [6.07, 6.45) is 5.85. The summed E-state index contributed by atoms with van der Waals surface area (Å²) in [5.74, 6) is 0.381. The molecule has 2 N–H and O–H groups in total. The molecule has 0 bridgehead atoms. The van der Waals surface area contributed by atoms with Crippen LogP contribution >= 0.6 is 15.9 Å². The SMILES string of the molecule is CC(=O)[C@@]1(O)CC[C@H]2[C@@H]3CCC4=CC(=O)CC[C@]4(C)[C@@]3(Br)[C@@H](O)C[C@@]21C. The normalized spacial score (nSPS) is 53.4. The summed E-state index contributed by atoms with van der Waals surface area (Å²) in [6, 6.07) is 0. The maximum Gasteiger partial charge on any atom is 0.161 e. The van der Waals surface area contributed by atoms with Gasteiger partial charge in [-0.15, -0.1) is 0 Å². The fourth-order valence-corrected chi connectivity index (χ4v) is 8.32. The van der Waals surface area contributed by atoms with Gasteiger partial charge in [0.05, 0.1) is 10.4 Å². The van der Waals surface area contributed by atoms with E-state index in [1.54, 1.807) is 0 Å². The predicted molar refractivity (Wildman–Crippen MR) is 102 cm³/mol. The minimum absolute atomic E-state index is 0.178. The maximum absolute atomic E-state index is 12.3. The van der Waals surface area contributed by atoms with E-state index in [1.807, 2.05) is 13.0 Å². The quantitative estimate of drug-likeness (QED) is 0.632. The van der Waals surface area contributed by atoms with E-state index in [9.17, 15) is 19.8 Å². The van der Waals surface area contributed by atoms with Gasteiger partial charge >= 0.3 is 0 Å². The molecular formula is C21H29BrO4. The number of ketones is 2. The van der Waals surface area contributed by atoms with E-state index < -0.39 is 21.4 Å². The van der Waals surface area contributed by atoms with Crippen molar-refractivity contribution in [3.63, 3.8) is 0 Å². The second-order valence-corrected chi connectivity index (χ2v) is 10.9. The number of carbonyl (C=O) groups excluding carboxylic acids is 2. The average molecular weight is 425 g/mol. The molecule has 26 heavy (non-hydrogen) atoms. The molecule has 0 unspecified atom stereocenters. The zero-order valence-electron chi connectivity index (χ0n) is 15.8. The third kappa shape index (κ3) is 1.98. The number of allylic oxidation sites excluding steroid dienone is 1. The van der Waals surface area contributed by atoms with Crippen LogP contribution in [0.15, 0.2) is 11.6 Å². The lowest BCUT2D eigenvalue weighted by Crippen LogP contribution is -2.68. The van der Waals surface area contributed by atoms with Crippen molar-refractivity contribution in [3.8, 4) is 0 Å². The second-order valence-electron chi connectivity index (χ2n) is 9.58. The molecule has 3 saturated carbocycles. The van der Waals surface area contributed by atoms with Gasteiger partial charge in [0.2, 0.25) is 0 Å². The Hall–Kier alpha value is -0.520. The third-order valence-corrected chi connectivity index (χ3v) is 10.8. The minimum Gasteiger partial charge on any atom is -0.392 e. The van der Waals surface area contributed by atoms with E-state index in [1.165, 1.54) is 6.92 Å². The van der Waals surface area contributed by atoms with Crippen molar-refractivity contribution in [2.45, 2.75) is 81.7 Å². The van der Waals surface area contributed by atoms with Crippen molar-refractivity contribution in [1.82, 2.24) is 0 Å². The highest BCUT2D eigenvalue weighted by Crippen LogP contribution is 2.71. The Morgan fingerprint density at radius 2 is 1.88 bits per heavy atom. The molecule has 0 amide bonds. The van der Waals surface area contributed by atoms with Crippen molar-refractivity contribution in [3.05, 3.63) is 11.6 Å². The van der Waals surface area contributed by atoms with Crippen LogP contribution in [0.1, 0.15) is 65.7 Å². The lowest BCUT2D eigenvalue weighted by Gasteiger charge is -2.65. The molecule has 5 heteroatoms. The number of halogens is 1. The number of alkyl halides is 1. The first-order valence-corrected chi connectivity index (χ1v) is 10.6. The number of rotatable bonds is 1. The van der Waals surface area contributed by atoms with Gasteiger partial charge in [-0.2, -0.15) is 0 Å². The number of carbonyl (C=O) groups is 2. The summed E-state index contributed by atoms with van der Waals surface area (Å²) in [5.41, 5.74) is -1.04. The molecule has 4 aliphatic rings. The van der Waals surface area contributed by atoms with Crippen LogP contribution in [0.2, 0.25) is 0 Å². The van der Waals surface area contributed by atoms with E-state index in [2.05, 4.69) is 22.9 Å². The molecular weight excluding hydrogens is 396 g/mol. The molecule has 0 aliphatic heterocycles. The van der Waals surface area contributed by atoms with Crippen LogP contribution < -0.4 is 0 Å². The monoisotopic (exact) mass is 424 g/mol. The minimum atomic E-state index is -1.34. The first-order valence-electron chi connectivity index (χ1n) is 9.85. The summed E-state index contributed by atoms with van der Waals surface area (Å²) < 4.78 is -0.503. The molecule has 0 heterocycles. The first kappa shape index (κ1) is 18.8. The standard InChI is InChI=1S/C21H29BrO4/c1-12(23)20(26)9-7-15-16-5-4-13-10-14(24)6-8-18(13,2)21(16,22)17(25)11-19(15,20)3/h10,15-17,25-26H,4-9,11H2,1-3H3/t15-,16-,17-,18-,19-,20-,21-/m0/s1. The topological polar surface area (TPSA) is 74.6 Å². The van der Waals surface area contributed by atoms with Crippen LogP contribution in [0, 0.1) is 22.7 Å². The number of fused-ring (bicyclic) bond motifs is 5. The van der Waals surface area contributed by atoms with E-state index in [0.717, 1.165) is 31.3 Å². The summed E-state index contributed by atoms with van der Waals surface area (Å²) >= 11 is 4.02. The maximum atomic E-state index is 12.3. The molecule has 4 rings (SSSR count). The molecule has 0 spiro atoms. The first-order chi connectivity index (χ1) is 12.0. The smallest absolute Gasteiger partial charge is 0.161 e. The molecule has 0 aromatic carbocycles. The second kappa shape index (κ2) is 5.51. The zero-order valence-corrected chi connectivity index (χ0v) is 17.4. The molecule has 0 aromatic heterocycles. The van der Waals surface area contributed by atoms with E-state index in [-0.39, 0.29) is 28.8 Å². The van der Waals surface area contributed by atoms with Crippen LogP contribution in [0.4, 0.5) is 0 Å². The number of Topliss-reactive ketones (excluding diaryl/α,β-unsaturated/α-hetero) is 1.